The van der Waals surface area contributed by atoms with Gasteiger partial charge in [0.1, 0.15) is 0 Å². The third kappa shape index (κ3) is 2.73. The van der Waals surface area contributed by atoms with Crippen LogP contribution in [0.3, 0.4) is 0 Å². The van der Waals surface area contributed by atoms with Gasteiger partial charge in [0, 0.05) is 30.7 Å². The molecule has 116 valence electrons. The SMILES string of the molecule is O=c1[nH]cc(-c2cnc(NCc3ccc4c(c3)OCO4)nc2)[nH]1. The fraction of sp³-hybridized carbons (Fsp3) is 0.133. The number of ether oxygens (including phenoxy) is 2. The molecule has 0 saturated carbocycles. The maximum Gasteiger partial charge on any atom is 0.323 e. The molecule has 0 aliphatic carbocycles. The summed E-state index contributed by atoms with van der Waals surface area (Å²) in [5.41, 5.74) is 2.16. The number of anilines is 1. The molecule has 0 atom stereocenters. The topological polar surface area (TPSA) is 105 Å². The summed E-state index contributed by atoms with van der Waals surface area (Å²) < 4.78 is 10.6. The Morgan fingerprint density at radius 1 is 1.17 bits per heavy atom. The third-order valence-corrected chi connectivity index (χ3v) is 3.45. The lowest BCUT2D eigenvalue weighted by molar-refractivity contribution is 0.174. The lowest BCUT2D eigenvalue weighted by Gasteiger charge is -2.06. The van der Waals surface area contributed by atoms with Gasteiger partial charge in [-0.15, -0.1) is 0 Å². The molecule has 1 aliphatic rings. The van der Waals surface area contributed by atoms with Crippen LogP contribution in [0.1, 0.15) is 5.56 Å². The summed E-state index contributed by atoms with van der Waals surface area (Å²) in [6.07, 6.45) is 4.88. The van der Waals surface area contributed by atoms with E-state index in [1.807, 2.05) is 18.2 Å². The van der Waals surface area contributed by atoms with E-state index in [1.54, 1.807) is 18.6 Å². The zero-order chi connectivity index (χ0) is 15.6. The Labute approximate surface area is 130 Å². The molecule has 0 spiro atoms. The summed E-state index contributed by atoms with van der Waals surface area (Å²) in [5.74, 6) is 2.01. The van der Waals surface area contributed by atoms with Crippen LogP contribution in [0.25, 0.3) is 11.3 Å². The van der Waals surface area contributed by atoms with Crippen LogP contribution in [0.15, 0.2) is 41.6 Å². The van der Waals surface area contributed by atoms with E-state index in [0.29, 0.717) is 18.2 Å². The van der Waals surface area contributed by atoms with Gasteiger partial charge in [-0.25, -0.2) is 14.8 Å². The first kappa shape index (κ1) is 13.4. The second kappa shape index (κ2) is 5.48. The molecular weight excluding hydrogens is 298 g/mol. The van der Waals surface area contributed by atoms with E-state index in [1.165, 1.54) is 0 Å². The van der Waals surface area contributed by atoms with Crippen LogP contribution in [0.4, 0.5) is 5.95 Å². The molecule has 8 heteroatoms. The summed E-state index contributed by atoms with van der Waals surface area (Å²) in [4.78, 5) is 24.8. The highest BCUT2D eigenvalue weighted by atomic mass is 16.7. The highest BCUT2D eigenvalue weighted by Gasteiger charge is 2.13. The van der Waals surface area contributed by atoms with Crippen LogP contribution in [0.2, 0.25) is 0 Å². The van der Waals surface area contributed by atoms with Crippen molar-refractivity contribution in [3.8, 4) is 22.8 Å². The standard InChI is InChI=1S/C15H13N5O3/c21-15-19-7-11(20-15)10-5-17-14(18-6-10)16-4-9-1-2-12-13(3-9)23-8-22-12/h1-3,5-7H,4,8H2,(H,16,17,18)(H2,19,20,21). The average molecular weight is 311 g/mol. The van der Waals surface area contributed by atoms with Gasteiger partial charge in [-0.3, -0.25) is 0 Å². The maximum atomic E-state index is 11.1. The molecule has 4 rings (SSSR count). The number of aromatic amines is 2. The molecule has 0 fully saturated rings. The van der Waals surface area contributed by atoms with Crippen LogP contribution in [-0.2, 0) is 6.54 Å². The van der Waals surface area contributed by atoms with E-state index in [0.717, 1.165) is 22.6 Å². The van der Waals surface area contributed by atoms with Crippen molar-refractivity contribution in [1.82, 2.24) is 19.9 Å². The summed E-state index contributed by atoms with van der Waals surface area (Å²) in [6.45, 7) is 0.828. The number of fused-ring (bicyclic) bond motifs is 1. The second-order valence-corrected chi connectivity index (χ2v) is 4.99. The molecule has 0 radical (unpaired) electrons. The largest absolute Gasteiger partial charge is 0.454 e. The second-order valence-electron chi connectivity index (χ2n) is 4.99. The zero-order valence-electron chi connectivity index (χ0n) is 12.0. The number of H-pyrrole nitrogens is 2. The number of aromatic nitrogens is 4. The van der Waals surface area contributed by atoms with Gasteiger partial charge in [-0.2, -0.15) is 0 Å². The van der Waals surface area contributed by atoms with Gasteiger partial charge in [0.2, 0.25) is 12.7 Å². The molecular formula is C15H13N5O3. The molecule has 3 N–H and O–H groups in total. The van der Waals surface area contributed by atoms with E-state index in [4.69, 9.17) is 9.47 Å². The van der Waals surface area contributed by atoms with Gasteiger partial charge >= 0.3 is 5.69 Å². The number of hydrogen-bond donors (Lipinski definition) is 3. The van der Waals surface area contributed by atoms with Crippen molar-refractivity contribution >= 4 is 5.95 Å². The Morgan fingerprint density at radius 3 is 2.78 bits per heavy atom. The van der Waals surface area contributed by atoms with Gasteiger partial charge in [0.25, 0.3) is 0 Å². The summed E-state index contributed by atoms with van der Waals surface area (Å²) in [6, 6.07) is 5.76. The van der Waals surface area contributed by atoms with Crippen molar-refractivity contribution < 1.29 is 9.47 Å². The Bertz CT molecular complexity index is 885. The summed E-state index contributed by atoms with van der Waals surface area (Å²) in [7, 11) is 0. The monoisotopic (exact) mass is 311 g/mol. The molecule has 2 aromatic heterocycles. The molecule has 8 nitrogen and oxygen atoms in total. The van der Waals surface area contributed by atoms with E-state index in [9.17, 15) is 4.79 Å². The van der Waals surface area contributed by atoms with Crippen LogP contribution in [-0.4, -0.2) is 26.7 Å². The Hall–Kier alpha value is -3.29. The minimum Gasteiger partial charge on any atom is -0.454 e. The number of nitrogens with one attached hydrogen (secondary N) is 3. The number of imidazole rings is 1. The normalized spacial score (nSPS) is 12.3. The van der Waals surface area contributed by atoms with E-state index in [-0.39, 0.29) is 12.5 Å². The zero-order valence-corrected chi connectivity index (χ0v) is 12.0. The maximum absolute atomic E-state index is 11.1. The average Bonchev–Trinajstić information content (AvgIpc) is 3.21. The van der Waals surface area contributed by atoms with Gasteiger partial charge < -0.3 is 24.8 Å². The molecule has 1 aliphatic heterocycles. The van der Waals surface area contributed by atoms with E-state index >= 15 is 0 Å². The van der Waals surface area contributed by atoms with Crippen molar-refractivity contribution in [3.05, 3.63) is 52.8 Å². The Balaban J connectivity index is 1.44. The quantitative estimate of drug-likeness (QED) is 0.674. The smallest absolute Gasteiger partial charge is 0.323 e. The van der Waals surface area contributed by atoms with Crippen molar-refractivity contribution in [3.63, 3.8) is 0 Å². The highest BCUT2D eigenvalue weighted by molar-refractivity contribution is 5.56. The van der Waals surface area contributed by atoms with Crippen LogP contribution >= 0.6 is 0 Å². The van der Waals surface area contributed by atoms with Crippen molar-refractivity contribution in [2.75, 3.05) is 12.1 Å². The van der Waals surface area contributed by atoms with Crippen LogP contribution in [0.5, 0.6) is 11.5 Å². The summed E-state index contributed by atoms with van der Waals surface area (Å²) >= 11 is 0. The van der Waals surface area contributed by atoms with Crippen molar-refractivity contribution in [1.29, 1.82) is 0 Å². The lowest BCUT2D eigenvalue weighted by Crippen LogP contribution is -2.03. The number of benzene rings is 1. The molecule has 3 heterocycles. The summed E-state index contributed by atoms with van der Waals surface area (Å²) in [5, 5.41) is 3.14. The fourth-order valence-electron chi connectivity index (χ4n) is 2.28. The lowest BCUT2D eigenvalue weighted by atomic mass is 10.2. The molecule has 23 heavy (non-hydrogen) atoms. The minimum atomic E-state index is -0.259. The third-order valence-electron chi connectivity index (χ3n) is 3.45. The Morgan fingerprint density at radius 2 is 2.00 bits per heavy atom. The molecule has 3 aromatic rings. The first-order valence-corrected chi connectivity index (χ1v) is 7.00. The van der Waals surface area contributed by atoms with Gasteiger partial charge in [0.15, 0.2) is 11.5 Å². The van der Waals surface area contributed by atoms with Crippen LogP contribution in [0, 0.1) is 0 Å². The predicted octanol–water partition coefficient (Wildman–Crippen LogP) is 1.50. The molecule has 0 bridgehead atoms. The molecule has 0 amide bonds. The number of rotatable bonds is 4. The van der Waals surface area contributed by atoms with E-state index in [2.05, 4.69) is 25.3 Å². The minimum absolute atomic E-state index is 0.259. The van der Waals surface area contributed by atoms with Gasteiger partial charge in [-0.05, 0) is 17.7 Å². The predicted molar refractivity (Wildman–Crippen MR) is 82.3 cm³/mol. The van der Waals surface area contributed by atoms with Crippen LogP contribution < -0.4 is 20.5 Å². The Kier molecular flexibility index (Phi) is 3.19. The highest BCUT2D eigenvalue weighted by Crippen LogP contribution is 2.32. The fourth-order valence-corrected chi connectivity index (χ4v) is 2.28. The first-order chi connectivity index (χ1) is 11.3. The van der Waals surface area contributed by atoms with Crippen molar-refractivity contribution in [2.24, 2.45) is 0 Å². The number of hydrogen-bond acceptors (Lipinski definition) is 6. The molecule has 0 saturated heterocycles. The van der Waals surface area contributed by atoms with Gasteiger partial charge in [0.05, 0.1) is 5.69 Å². The molecule has 0 unspecified atom stereocenters. The van der Waals surface area contributed by atoms with Crippen molar-refractivity contribution in [2.45, 2.75) is 6.54 Å². The number of nitrogens with zero attached hydrogens (tertiary/aromatic N) is 2. The first-order valence-electron chi connectivity index (χ1n) is 7.00. The van der Waals surface area contributed by atoms with E-state index < -0.39 is 0 Å². The van der Waals surface area contributed by atoms with Gasteiger partial charge in [-0.1, -0.05) is 6.07 Å². The molecule has 1 aromatic carbocycles.